The minimum Gasteiger partial charge on any atom is -0.360 e. The number of aromatic nitrogens is 2. The topological polar surface area (TPSA) is 41.1 Å². The van der Waals surface area contributed by atoms with E-state index in [1.54, 1.807) is 0 Å². The van der Waals surface area contributed by atoms with Crippen molar-refractivity contribution in [2.75, 3.05) is 31.5 Å². The van der Waals surface area contributed by atoms with Crippen LogP contribution in [-0.4, -0.2) is 46.6 Å². The Hall–Kier alpha value is -0.890. The van der Waals surface area contributed by atoms with Crippen LogP contribution in [0.4, 0.5) is 18.3 Å². The van der Waals surface area contributed by atoms with E-state index in [0.29, 0.717) is 24.9 Å². The molecular weight excluding hydrogens is 313 g/mol. The summed E-state index contributed by atoms with van der Waals surface area (Å²) in [4.78, 5) is 5.92. The van der Waals surface area contributed by atoms with Gasteiger partial charge < -0.3 is 5.32 Å². The monoisotopic (exact) mass is 336 g/mol. The zero-order valence-corrected chi connectivity index (χ0v) is 13.8. The van der Waals surface area contributed by atoms with Gasteiger partial charge in [0.1, 0.15) is 5.82 Å². The summed E-state index contributed by atoms with van der Waals surface area (Å²) in [6.07, 6.45) is -1.64. The van der Waals surface area contributed by atoms with E-state index in [0.717, 1.165) is 36.8 Å². The molecule has 1 aromatic rings. The van der Waals surface area contributed by atoms with Gasteiger partial charge in [0.05, 0.1) is 6.54 Å². The summed E-state index contributed by atoms with van der Waals surface area (Å²) in [5.41, 5.74) is 0. The fourth-order valence-corrected chi connectivity index (χ4v) is 3.21. The second-order valence-corrected chi connectivity index (χ2v) is 7.08. The molecule has 1 aliphatic heterocycles. The lowest BCUT2D eigenvalue weighted by Gasteiger charge is -2.32. The van der Waals surface area contributed by atoms with E-state index in [1.807, 2.05) is 0 Å². The lowest BCUT2D eigenvalue weighted by molar-refractivity contribution is -0.148. The van der Waals surface area contributed by atoms with E-state index in [9.17, 15) is 13.2 Å². The first-order chi connectivity index (χ1) is 10.3. The third-order valence-electron chi connectivity index (χ3n) is 3.71. The molecule has 8 heteroatoms. The van der Waals surface area contributed by atoms with Crippen LogP contribution >= 0.6 is 11.5 Å². The number of nitrogens with zero attached hydrogens (tertiary/aromatic N) is 3. The third kappa shape index (κ3) is 6.08. The van der Waals surface area contributed by atoms with Gasteiger partial charge in [0.2, 0.25) is 5.13 Å². The summed E-state index contributed by atoms with van der Waals surface area (Å²) in [6.45, 7) is 5.26. The van der Waals surface area contributed by atoms with Crippen LogP contribution in [0.5, 0.6) is 0 Å². The molecule has 4 nitrogen and oxygen atoms in total. The summed E-state index contributed by atoms with van der Waals surface area (Å²) in [7, 11) is 0. The largest absolute Gasteiger partial charge is 0.401 e. The Morgan fingerprint density at radius 1 is 1.32 bits per heavy atom. The molecular formula is C14H23F3N4S. The number of hydrogen-bond acceptors (Lipinski definition) is 5. The lowest BCUT2D eigenvalue weighted by atomic mass is 9.97. The molecule has 1 aromatic heterocycles. The number of halogens is 3. The second kappa shape index (κ2) is 7.59. The van der Waals surface area contributed by atoms with E-state index in [1.165, 1.54) is 16.4 Å². The van der Waals surface area contributed by atoms with Gasteiger partial charge in [0, 0.05) is 24.5 Å². The van der Waals surface area contributed by atoms with Crippen LogP contribution in [0.3, 0.4) is 0 Å². The van der Waals surface area contributed by atoms with E-state index in [4.69, 9.17) is 0 Å². The predicted octanol–water partition coefficient (Wildman–Crippen LogP) is 3.42. The Bertz CT molecular complexity index is 453. The highest BCUT2D eigenvalue weighted by Crippen LogP contribution is 2.23. The van der Waals surface area contributed by atoms with Crippen molar-refractivity contribution < 1.29 is 13.2 Å². The summed E-state index contributed by atoms with van der Waals surface area (Å²) < 4.78 is 41.3. The summed E-state index contributed by atoms with van der Waals surface area (Å²) in [5.74, 6) is 1.80. The van der Waals surface area contributed by atoms with Crippen molar-refractivity contribution in [3.05, 3.63) is 5.82 Å². The Kier molecular flexibility index (Phi) is 6.02. The predicted molar refractivity (Wildman–Crippen MR) is 82.2 cm³/mol. The molecule has 0 unspecified atom stereocenters. The zero-order chi connectivity index (χ0) is 16.2. The van der Waals surface area contributed by atoms with Crippen LogP contribution in [-0.2, 0) is 6.42 Å². The van der Waals surface area contributed by atoms with Gasteiger partial charge in [-0.2, -0.15) is 17.5 Å². The van der Waals surface area contributed by atoms with Gasteiger partial charge >= 0.3 is 6.18 Å². The van der Waals surface area contributed by atoms with Crippen molar-refractivity contribution in [1.29, 1.82) is 0 Å². The molecule has 0 amide bonds. The van der Waals surface area contributed by atoms with E-state index in [-0.39, 0.29) is 0 Å². The van der Waals surface area contributed by atoms with Crippen molar-refractivity contribution in [3.63, 3.8) is 0 Å². The van der Waals surface area contributed by atoms with Crippen LogP contribution in [0.2, 0.25) is 0 Å². The van der Waals surface area contributed by atoms with Crippen molar-refractivity contribution in [3.8, 4) is 0 Å². The summed E-state index contributed by atoms with van der Waals surface area (Å²) in [5, 5.41) is 4.09. The van der Waals surface area contributed by atoms with Gasteiger partial charge in [-0.05, 0) is 37.8 Å². The first kappa shape index (κ1) is 17.5. The van der Waals surface area contributed by atoms with Crippen molar-refractivity contribution in [1.82, 2.24) is 14.3 Å². The molecule has 2 rings (SSSR count). The molecule has 0 aliphatic carbocycles. The molecule has 126 valence electrons. The number of piperidine rings is 1. The summed E-state index contributed by atoms with van der Waals surface area (Å²) in [6, 6.07) is 0. The van der Waals surface area contributed by atoms with E-state index in [2.05, 4.69) is 28.5 Å². The second-order valence-electron chi connectivity index (χ2n) is 6.33. The van der Waals surface area contributed by atoms with Crippen molar-refractivity contribution in [2.24, 2.45) is 11.8 Å². The first-order valence-electron chi connectivity index (χ1n) is 7.67. The lowest BCUT2D eigenvalue weighted by Crippen LogP contribution is -2.41. The molecule has 22 heavy (non-hydrogen) atoms. The maximum atomic E-state index is 12.3. The van der Waals surface area contributed by atoms with Crippen LogP contribution in [0.15, 0.2) is 0 Å². The minimum atomic E-state index is -4.09. The normalized spacial score (nSPS) is 18.1. The molecule has 1 fully saturated rings. The van der Waals surface area contributed by atoms with Gasteiger partial charge in [0.15, 0.2) is 0 Å². The number of alkyl halides is 3. The van der Waals surface area contributed by atoms with Gasteiger partial charge in [-0.25, -0.2) is 4.98 Å². The van der Waals surface area contributed by atoms with Gasteiger partial charge in [-0.3, -0.25) is 4.90 Å². The highest BCUT2D eigenvalue weighted by atomic mass is 32.1. The number of anilines is 1. The molecule has 0 atom stereocenters. The molecule has 1 aliphatic rings. The van der Waals surface area contributed by atoms with Crippen LogP contribution < -0.4 is 5.32 Å². The Morgan fingerprint density at radius 2 is 2.00 bits per heavy atom. The molecule has 1 N–H and O–H groups in total. The van der Waals surface area contributed by atoms with Gasteiger partial charge in [-0.1, -0.05) is 13.8 Å². The molecule has 0 radical (unpaired) electrons. The van der Waals surface area contributed by atoms with Gasteiger partial charge in [-0.15, -0.1) is 0 Å². The number of hydrogen-bond donors (Lipinski definition) is 1. The Labute approximate surface area is 133 Å². The smallest absolute Gasteiger partial charge is 0.360 e. The number of nitrogens with one attached hydrogen (secondary N) is 1. The van der Waals surface area contributed by atoms with Gasteiger partial charge in [0.25, 0.3) is 0 Å². The highest BCUT2D eigenvalue weighted by Gasteiger charge is 2.32. The highest BCUT2D eigenvalue weighted by molar-refractivity contribution is 7.09. The minimum absolute atomic E-state index is 0.405. The molecule has 0 aromatic carbocycles. The average Bonchev–Trinajstić information content (AvgIpc) is 2.83. The first-order valence-corrected chi connectivity index (χ1v) is 8.44. The maximum Gasteiger partial charge on any atom is 0.401 e. The maximum absolute atomic E-state index is 12.3. The van der Waals surface area contributed by atoms with E-state index < -0.39 is 12.7 Å². The quantitative estimate of drug-likeness (QED) is 0.864. The fourth-order valence-electron chi connectivity index (χ4n) is 2.61. The third-order valence-corrected chi connectivity index (χ3v) is 4.42. The molecule has 0 saturated carbocycles. The van der Waals surface area contributed by atoms with E-state index >= 15 is 0 Å². The van der Waals surface area contributed by atoms with Crippen LogP contribution in [0, 0.1) is 11.8 Å². The average molecular weight is 336 g/mol. The van der Waals surface area contributed by atoms with Crippen molar-refractivity contribution >= 4 is 16.7 Å². The SMILES string of the molecule is CC(C)Cc1nsc(NCC2CCN(CC(F)(F)F)CC2)n1. The number of rotatable bonds is 6. The number of likely N-dealkylation sites (tertiary alicyclic amines) is 1. The van der Waals surface area contributed by atoms with Crippen LogP contribution in [0.1, 0.15) is 32.5 Å². The zero-order valence-electron chi connectivity index (χ0n) is 13.0. The molecule has 0 spiro atoms. The summed E-state index contributed by atoms with van der Waals surface area (Å²) >= 11 is 1.36. The van der Waals surface area contributed by atoms with Crippen LogP contribution in [0.25, 0.3) is 0 Å². The van der Waals surface area contributed by atoms with Crippen molar-refractivity contribution in [2.45, 2.75) is 39.3 Å². The molecule has 1 saturated heterocycles. The molecule has 2 heterocycles. The Morgan fingerprint density at radius 3 is 2.59 bits per heavy atom. The Balaban J connectivity index is 1.69. The molecule has 0 bridgehead atoms. The standard InChI is InChI=1S/C14H23F3N4S/c1-10(2)7-12-19-13(22-20-12)18-8-11-3-5-21(6-4-11)9-14(15,16)17/h10-11H,3-9H2,1-2H3,(H,18,19,20). The fraction of sp³-hybridized carbons (Fsp3) is 0.857.